The Bertz CT molecular complexity index is 732. The smallest absolute Gasteiger partial charge is 0.338 e. The summed E-state index contributed by atoms with van der Waals surface area (Å²) in [5.74, 6) is -1.03. The first-order valence-corrected chi connectivity index (χ1v) is 8.15. The summed E-state index contributed by atoms with van der Waals surface area (Å²) in [6, 6.07) is 2.10. The van der Waals surface area contributed by atoms with Gasteiger partial charge in [0.25, 0.3) is 11.8 Å². The fourth-order valence-corrected chi connectivity index (χ4v) is 3.48. The van der Waals surface area contributed by atoms with Gasteiger partial charge in [0.2, 0.25) is 0 Å². The number of carbonyl (C=O) groups is 3. The van der Waals surface area contributed by atoms with E-state index >= 15 is 0 Å². The predicted octanol–water partition coefficient (Wildman–Crippen LogP) is 1.51. The van der Waals surface area contributed by atoms with Crippen LogP contribution in [0.15, 0.2) is 23.4 Å². The molecule has 0 aromatic carbocycles. The zero-order chi connectivity index (χ0) is 18.2. The second-order valence-electron chi connectivity index (χ2n) is 5.69. The van der Waals surface area contributed by atoms with Crippen LogP contribution in [0.2, 0.25) is 0 Å². The fraction of sp³-hybridized carbons (Fsp3) is 0.429. The summed E-state index contributed by atoms with van der Waals surface area (Å²) < 4.78 is 37.9. The maximum absolute atomic E-state index is 12.6. The zero-order valence-electron chi connectivity index (χ0n) is 12.7. The van der Waals surface area contributed by atoms with E-state index in [9.17, 15) is 27.6 Å². The minimum Gasteiger partial charge on any atom is -0.338 e. The van der Waals surface area contributed by atoms with Gasteiger partial charge in [0.15, 0.2) is 0 Å². The van der Waals surface area contributed by atoms with Crippen molar-refractivity contribution < 1.29 is 27.6 Å². The van der Waals surface area contributed by atoms with Crippen LogP contribution in [-0.4, -0.2) is 51.9 Å². The van der Waals surface area contributed by atoms with E-state index < -0.39 is 45.7 Å². The lowest BCUT2D eigenvalue weighted by Gasteiger charge is -2.37. The van der Waals surface area contributed by atoms with Crippen LogP contribution in [-0.2, 0) is 4.79 Å². The first-order chi connectivity index (χ1) is 11.7. The molecule has 0 atom stereocenters. The highest BCUT2D eigenvalue weighted by atomic mass is 32.2. The molecule has 11 heteroatoms. The average Bonchev–Trinajstić information content (AvgIpc) is 2.80. The summed E-state index contributed by atoms with van der Waals surface area (Å²) in [4.78, 5) is 40.8. The quantitative estimate of drug-likeness (QED) is 0.605. The van der Waals surface area contributed by atoms with E-state index in [1.807, 2.05) is 0 Å². The predicted molar refractivity (Wildman–Crippen MR) is 80.7 cm³/mol. The Morgan fingerprint density at radius 3 is 2.52 bits per heavy atom. The van der Waals surface area contributed by atoms with Gasteiger partial charge in [-0.15, -0.1) is 0 Å². The molecule has 2 saturated heterocycles. The van der Waals surface area contributed by atoms with E-state index in [4.69, 9.17) is 0 Å². The summed E-state index contributed by atoms with van der Waals surface area (Å²) in [6.07, 6.45) is 1.57. The molecule has 134 valence electrons. The number of nitrogens with one attached hydrogen (secondary N) is 2. The molecular formula is C14H13F3N4O3S. The van der Waals surface area contributed by atoms with Gasteiger partial charge >= 0.3 is 11.5 Å². The number of pyridine rings is 1. The average molecular weight is 374 g/mol. The van der Waals surface area contributed by atoms with E-state index in [0.29, 0.717) is 0 Å². The number of nitrogens with zero attached hydrogens (tertiary/aromatic N) is 2. The summed E-state index contributed by atoms with van der Waals surface area (Å²) in [5.41, 5.74) is -5.74. The maximum atomic E-state index is 12.6. The van der Waals surface area contributed by atoms with Gasteiger partial charge in [0.05, 0.1) is 5.56 Å². The van der Waals surface area contributed by atoms with Gasteiger partial charge in [0, 0.05) is 31.0 Å². The van der Waals surface area contributed by atoms with Gasteiger partial charge < -0.3 is 10.2 Å². The number of urea groups is 1. The largest absolute Gasteiger partial charge is 0.447 e. The van der Waals surface area contributed by atoms with E-state index in [1.54, 1.807) is 0 Å². The molecule has 2 N–H and O–H groups in total. The summed E-state index contributed by atoms with van der Waals surface area (Å²) in [5, 5.41) is 4.31. The lowest BCUT2D eigenvalue weighted by atomic mass is 9.87. The van der Waals surface area contributed by atoms with E-state index in [2.05, 4.69) is 15.6 Å². The fourth-order valence-electron chi connectivity index (χ4n) is 2.89. The summed E-state index contributed by atoms with van der Waals surface area (Å²) >= 11 is -0.441. The van der Waals surface area contributed by atoms with E-state index in [0.717, 1.165) is 0 Å². The molecule has 4 amide bonds. The van der Waals surface area contributed by atoms with Crippen LogP contribution in [0.1, 0.15) is 23.2 Å². The monoisotopic (exact) mass is 374 g/mol. The molecule has 2 fully saturated rings. The minimum atomic E-state index is -4.55. The van der Waals surface area contributed by atoms with Gasteiger partial charge in [-0.2, -0.15) is 13.2 Å². The lowest BCUT2D eigenvalue weighted by molar-refractivity contribution is -0.125. The summed E-state index contributed by atoms with van der Waals surface area (Å²) in [7, 11) is 0. The molecule has 2 aliphatic rings. The molecular weight excluding hydrogens is 361 g/mol. The second kappa shape index (κ2) is 6.21. The number of carbonyl (C=O) groups excluding carboxylic acids is 3. The molecule has 3 heterocycles. The molecule has 2 aliphatic heterocycles. The number of thioether (sulfide) groups is 1. The molecule has 3 rings (SSSR count). The lowest BCUT2D eigenvalue weighted by Crippen LogP contribution is -2.55. The van der Waals surface area contributed by atoms with Gasteiger partial charge in [-0.25, -0.2) is 9.78 Å². The number of halogens is 3. The van der Waals surface area contributed by atoms with Crippen molar-refractivity contribution in [3.8, 4) is 0 Å². The van der Waals surface area contributed by atoms with Crippen molar-refractivity contribution in [2.45, 2.75) is 28.9 Å². The number of alkyl halides is 3. The first kappa shape index (κ1) is 17.5. The number of rotatable bonds is 2. The molecule has 1 aromatic heterocycles. The molecule has 25 heavy (non-hydrogen) atoms. The second-order valence-corrected chi connectivity index (χ2v) is 6.74. The number of hydrogen-bond donors (Lipinski definition) is 2. The highest BCUT2D eigenvalue weighted by molar-refractivity contribution is 8.00. The van der Waals surface area contributed by atoms with Crippen molar-refractivity contribution >= 4 is 29.6 Å². The van der Waals surface area contributed by atoms with E-state index in [-0.39, 0.29) is 31.5 Å². The minimum absolute atomic E-state index is 0.136. The van der Waals surface area contributed by atoms with Crippen molar-refractivity contribution in [2.24, 2.45) is 0 Å². The summed E-state index contributed by atoms with van der Waals surface area (Å²) in [6.45, 7) is 0.273. The zero-order valence-corrected chi connectivity index (χ0v) is 13.5. The standard InChI is InChI=1S/C14H13F3N4O3S/c15-14(16,17)25-9-8(2-1-5-18-9)10(22)21-6-3-13(4-7-21)11(23)19-12(24)20-13/h1-2,5H,3-4,6-7H2,(H2,19,20,23,24). The molecule has 7 nitrogen and oxygen atoms in total. The van der Waals surface area contributed by atoms with E-state index in [1.165, 1.54) is 23.2 Å². The van der Waals surface area contributed by atoms with Crippen molar-refractivity contribution in [2.75, 3.05) is 13.1 Å². The Morgan fingerprint density at radius 1 is 1.28 bits per heavy atom. The highest BCUT2D eigenvalue weighted by Crippen LogP contribution is 2.38. The third kappa shape index (κ3) is 3.55. The van der Waals surface area contributed by atoms with Crippen molar-refractivity contribution in [3.63, 3.8) is 0 Å². The number of piperidine rings is 1. The molecule has 0 saturated carbocycles. The van der Waals surface area contributed by atoms with Crippen LogP contribution in [0.3, 0.4) is 0 Å². The number of imide groups is 1. The van der Waals surface area contributed by atoms with Crippen molar-refractivity contribution in [1.82, 2.24) is 20.5 Å². The molecule has 0 bridgehead atoms. The Labute approximate surface area is 144 Å². The third-order valence-electron chi connectivity index (χ3n) is 4.13. The molecule has 1 aromatic rings. The van der Waals surface area contributed by atoms with Crippen LogP contribution >= 0.6 is 11.8 Å². The Balaban J connectivity index is 1.74. The Hall–Kier alpha value is -2.30. The van der Waals surface area contributed by atoms with Crippen LogP contribution in [0, 0.1) is 0 Å². The number of aromatic nitrogens is 1. The first-order valence-electron chi connectivity index (χ1n) is 7.34. The SMILES string of the molecule is O=C1NC(=O)C2(CCN(C(=O)c3cccnc3SC(F)(F)F)CC2)N1. The number of likely N-dealkylation sites (tertiary alicyclic amines) is 1. The molecule has 0 aliphatic carbocycles. The van der Waals surface area contributed by atoms with Crippen LogP contribution in [0.4, 0.5) is 18.0 Å². The highest BCUT2D eigenvalue weighted by Gasteiger charge is 2.48. The van der Waals surface area contributed by atoms with Gasteiger partial charge in [-0.05, 0) is 25.0 Å². The van der Waals surface area contributed by atoms with Gasteiger partial charge in [-0.3, -0.25) is 14.9 Å². The Kier molecular flexibility index (Phi) is 4.35. The van der Waals surface area contributed by atoms with Crippen LogP contribution in [0.25, 0.3) is 0 Å². The topological polar surface area (TPSA) is 91.4 Å². The number of amides is 4. The molecule has 0 radical (unpaired) electrons. The normalized spacial score (nSPS) is 19.7. The molecule has 1 spiro atoms. The molecule has 0 unspecified atom stereocenters. The third-order valence-corrected chi connectivity index (χ3v) is 4.88. The number of hydrogen-bond acceptors (Lipinski definition) is 5. The van der Waals surface area contributed by atoms with Gasteiger partial charge in [0.1, 0.15) is 10.6 Å². The van der Waals surface area contributed by atoms with Gasteiger partial charge in [-0.1, -0.05) is 0 Å². The Morgan fingerprint density at radius 2 is 1.96 bits per heavy atom. The van der Waals surface area contributed by atoms with Crippen molar-refractivity contribution in [1.29, 1.82) is 0 Å². The van der Waals surface area contributed by atoms with Crippen LogP contribution < -0.4 is 10.6 Å². The van der Waals surface area contributed by atoms with Crippen molar-refractivity contribution in [3.05, 3.63) is 23.9 Å². The van der Waals surface area contributed by atoms with Crippen LogP contribution in [0.5, 0.6) is 0 Å². The maximum Gasteiger partial charge on any atom is 0.447 e.